The normalized spacial score (nSPS) is 27.2. The van der Waals surface area contributed by atoms with E-state index in [-0.39, 0.29) is 5.56 Å². The van der Waals surface area contributed by atoms with E-state index < -0.39 is 0 Å². The Morgan fingerprint density at radius 3 is 2.62 bits per heavy atom. The molecule has 0 amide bonds. The summed E-state index contributed by atoms with van der Waals surface area (Å²) in [5.41, 5.74) is 0.00137. The minimum absolute atomic E-state index is 0.00137. The molecule has 2 N–H and O–H groups in total. The molecular weight excluding hydrogens is 264 g/mol. The van der Waals surface area contributed by atoms with Gasteiger partial charge in [0, 0.05) is 31.1 Å². The number of H-pyrrole nitrogens is 1. The van der Waals surface area contributed by atoms with Gasteiger partial charge in [0.1, 0.15) is 11.6 Å². The number of anilines is 1. The zero-order valence-electron chi connectivity index (χ0n) is 12.5. The summed E-state index contributed by atoms with van der Waals surface area (Å²) in [7, 11) is 0. The van der Waals surface area contributed by atoms with E-state index in [0.29, 0.717) is 5.92 Å². The summed E-state index contributed by atoms with van der Waals surface area (Å²) >= 11 is 0. The molecule has 3 fully saturated rings. The Bertz CT molecular complexity index is 552. The van der Waals surface area contributed by atoms with Crippen molar-refractivity contribution in [3.8, 4) is 0 Å². The van der Waals surface area contributed by atoms with Crippen LogP contribution in [0.25, 0.3) is 0 Å². The smallest absolute Gasteiger partial charge is 0.252 e. The fourth-order valence-corrected chi connectivity index (χ4v) is 3.82. The Morgan fingerprint density at radius 2 is 1.95 bits per heavy atom. The number of aromatic amines is 1. The van der Waals surface area contributed by atoms with Gasteiger partial charge >= 0.3 is 0 Å². The molecule has 5 heteroatoms. The van der Waals surface area contributed by atoms with Crippen LogP contribution in [0.5, 0.6) is 0 Å². The van der Waals surface area contributed by atoms with Gasteiger partial charge < -0.3 is 15.2 Å². The minimum atomic E-state index is 0.00137. The quantitative estimate of drug-likeness (QED) is 0.887. The van der Waals surface area contributed by atoms with Crippen molar-refractivity contribution in [3.63, 3.8) is 0 Å². The lowest BCUT2D eigenvalue weighted by Gasteiger charge is -2.35. The maximum atomic E-state index is 11.8. The van der Waals surface area contributed by atoms with Crippen molar-refractivity contribution in [2.75, 3.05) is 24.5 Å². The van der Waals surface area contributed by atoms with Crippen molar-refractivity contribution in [2.24, 2.45) is 5.92 Å². The van der Waals surface area contributed by atoms with Crippen LogP contribution in [0.2, 0.25) is 0 Å². The average molecular weight is 288 g/mol. The SMILES string of the molecule is O=c1cc(N2CCC(C3CCCN3)CC2)nc(C2CC2)[nH]1. The molecule has 2 saturated heterocycles. The molecule has 3 aliphatic rings. The van der Waals surface area contributed by atoms with Gasteiger partial charge in [0.2, 0.25) is 0 Å². The number of aromatic nitrogens is 2. The van der Waals surface area contributed by atoms with Gasteiger partial charge in [-0.15, -0.1) is 0 Å². The minimum Gasteiger partial charge on any atom is -0.356 e. The third-order valence-corrected chi connectivity index (χ3v) is 5.24. The number of hydrogen-bond donors (Lipinski definition) is 2. The van der Waals surface area contributed by atoms with Crippen molar-refractivity contribution in [3.05, 3.63) is 22.2 Å². The van der Waals surface area contributed by atoms with Gasteiger partial charge in [0.15, 0.2) is 0 Å². The number of hydrogen-bond acceptors (Lipinski definition) is 4. The third kappa shape index (κ3) is 2.84. The van der Waals surface area contributed by atoms with Crippen molar-refractivity contribution in [2.45, 2.75) is 50.5 Å². The zero-order chi connectivity index (χ0) is 14.2. The predicted octanol–water partition coefficient (Wildman–Crippen LogP) is 1.62. The van der Waals surface area contributed by atoms with Crippen molar-refractivity contribution < 1.29 is 0 Å². The maximum Gasteiger partial charge on any atom is 0.252 e. The molecule has 4 rings (SSSR count). The Labute approximate surface area is 125 Å². The molecule has 1 atom stereocenters. The summed E-state index contributed by atoms with van der Waals surface area (Å²) in [5.74, 6) is 3.09. The summed E-state index contributed by atoms with van der Waals surface area (Å²) in [6, 6.07) is 2.39. The summed E-state index contributed by atoms with van der Waals surface area (Å²) < 4.78 is 0. The molecule has 0 aromatic carbocycles. The molecule has 1 aromatic rings. The van der Waals surface area contributed by atoms with E-state index in [0.717, 1.165) is 36.7 Å². The van der Waals surface area contributed by atoms with Crippen LogP contribution in [0.4, 0.5) is 5.82 Å². The highest BCUT2D eigenvalue weighted by molar-refractivity contribution is 5.38. The van der Waals surface area contributed by atoms with Gasteiger partial charge in [-0.3, -0.25) is 4.79 Å². The van der Waals surface area contributed by atoms with Gasteiger partial charge in [-0.25, -0.2) is 4.98 Å². The van der Waals surface area contributed by atoms with Gasteiger partial charge in [-0.1, -0.05) is 0 Å². The van der Waals surface area contributed by atoms with Crippen LogP contribution in [-0.4, -0.2) is 35.6 Å². The maximum absolute atomic E-state index is 11.8. The van der Waals surface area contributed by atoms with Gasteiger partial charge in [-0.05, 0) is 51.0 Å². The first kappa shape index (κ1) is 13.3. The summed E-state index contributed by atoms with van der Waals surface area (Å²) in [6.07, 6.45) is 7.42. The van der Waals surface area contributed by atoms with Crippen LogP contribution in [0.3, 0.4) is 0 Å². The lowest BCUT2D eigenvalue weighted by atomic mass is 9.88. The topological polar surface area (TPSA) is 61.0 Å². The molecule has 1 aliphatic carbocycles. The lowest BCUT2D eigenvalue weighted by molar-refractivity contribution is 0.318. The molecule has 0 radical (unpaired) electrons. The Balaban J connectivity index is 1.44. The molecule has 1 unspecified atom stereocenters. The van der Waals surface area contributed by atoms with E-state index in [2.05, 4.69) is 15.2 Å². The predicted molar refractivity (Wildman–Crippen MR) is 82.8 cm³/mol. The van der Waals surface area contributed by atoms with Crippen LogP contribution in [0.1, 0.15) is 50.3 Å². The second-order valence-corrected chi connectivity index (χ2v) is 6.79. The monoisotopic (exact) mass is 288 g/mol. The molecule has 1 saturated carbocycles. The van der Waals surface area contributed by atoms with E-state index in [4.69, 9.17) is 4.98 Å². The Morgan fingerprint density at radius 1 is 1.14 bits per heavy atom. The van der Waals surface area contributed by atoms with Crippen molar-refractivity contribution in [1.29, 1.82) is 0 Å². The number of nitrogens with one attached hydrogen (secondary N) is 2. The molecule has 21 heavy (non-hydrogen) atoms. The molecule has 5 nitrogen and oxygen atoms in total. The van der Waals surface area contributed by atoms with Crippen LogP contribution in [-0.2, 0) is 0 Å². The Hall–Kier alpha value is -1.36. The van der Waals surface area contributed by atoms with E-state index in [9.17, 15) is 4.79 Å². The van der Waals surface area contributed by atoms with Crippen molar-refractivity contribution >= 4 is 5.82 Å². The van der Waals surface area contributed by atoms with Gasteiger partial charge in [0.05, 0.1) is 0 Å². The second kappa shape index (κ2) is 5.44. The molecule has 114 valence electrons. The van der Waals surface area contributed by atoms with Crippen LogP contribution < -0.4 is 15.8 Å². The Kier molecular flexibility index (Phi) is 3.45. The summed E-state index contributed by atoms with van der Waals surface area (Å²) in [6.45, 7) is 3.25. The fourth-order valence-electron chi connectivity index (χ4n) is 3.82. The number of nitrogens with zero attached hydrogens (tertiary/aromatic N) is 2. The highest BCUT2D eigenvalue weighted by Gasteiger charge is 2.30. The highest BCUT2D eigenvalue weighted by Crippen LogP contribution is 2.38. The van der Waals surface area contributed by atoms with E-state index in [1.165, 1.54) is 45.1 Å². The van der Waals surface area contributed by atoms with Gasteiger partial charge in [-0.2, -0.15) is 0 Å². The van der Waals surface area contributed by atoms with Gasteiger partial charge in [0.25, 0.3) is 5.56 Å². The van der Waals surface area contributed by atoms with Crippen LogP contribution in [0, 0.1) is 5.92 Å². The molecule has 0 spiro atoms. The molecule has 2 aliphatic heterocycles. The van der Waals surface area contributed by atoms with E-state index in [1.54, 1.807) is 6.07 Å². The fraction of sp³-hybridized carbons (Fsp3) is 0.750. The number of rotatable bonds is 3. The summed E-state index contributed by atoms with van der Waals surface area (Å²) in [5, 5.41) is 3.63. The molecular formula is C16H24N4O. The van der Waals surface area contributed by atoms with Crippen molar-refractivity contribution in [1.82, 2.24) is 15.3 Å². The van der Waals surface area contributed by atoms with Crippen LogP contribution in [0.15, 0.2) is 10.9 Å². The largest absolute Gasteiger partial charge is 0.356 e. The summed E-state index contributed by atoms with van der Waals surface area (Å²) in [4.78, 5) is 21.7. The molecule has 0 bridgehead atoms. The first-order valence-electron chi connectivity index (χ1n) is 8.39. The highest BCUT2D eigenvalue weighted by atomic mass is 16.1. The first-order chi connectivity index (χ1) is 10.3. The average Bonchev–Trinajstić information content (AvgIpc) is 3.22. The zero-order valence-corrected chi connectivity index (χ0v) is 12.5. The number of piperidine rings is 1. The molecule has 1 aromatic heterocycles. The standard InChI is InChI=1S/C16H24N4O/c21-15-10-14(18-16(19-15)12-3-4-12)20-8-5-11(6-9-20)13-2-1-7-17-13/h10-13,17H,1-9H2,(H,18,19,21). The third-order valence-electron chi connectivity index (χ3n) is 5.24. The van der Waals surface area contributed by atoms with E-state index >= 15 is 0 Å². The van der Waals surface area contributed by atoms with E-state index in [1.807, 2.05) is 0 Å². The van der Waals surface area contributed by atoms with Crippen LogP contribution >= 0.6 is 0 Å². The first-order valence-corrected chi connectivity index (χ1v) is 8.39. The second-order valence-electron chi connectivity index (χ2n) is 6.79. The lowest BCUT2D eigenvalue weighted by Crippen LogP contribution is -2.41. The molecule has 3 heterocycles.